The third-order valence-corrected chi connectivity index (χ3v) is 4.65. The van der Waals surface area contributed by atoms with E-state index >= 15 is 0 Å². The van der Waals surface area contributed by atoms with E-state index in [1.54, 1.807) is 24.3 Å². The molecule has 124 valence electrons. The van der Waals surface area contributed by atoms with Gasteiger partial charge in [0, 0.05) is 17.7 Å². The summed E-state index contributed by atoms with van der Waals surface area (Å²) >= 11 is 0. The van der Waals surface area contributed by atoms with Gasteiger partial charge in [0.15, 0.2) is 0 Å². The summed E-state index contributed by atoms with van der Waals surface area (Å²) in [7, 11) is 0. The minimum Gasteiger partial charge on any atom is -0.364 e. The van der Waals surface area contributed by atoms with Gasteiger partial charge in [0.2, 0.25) is 5.72 Å². The molecule has 0 radical (unpaired) electrons. The molecule has 1 saturated carbocycles. The highest BCUT2D eigenvalue weighted by Crippen LogP contribution is 2.41. The molecule has 1 fully saturated rings. The zero-order valence-electron chi connectivity index (χ0n) is 12.8. The Hall–Kier alpha value is -2.34. The fraction of sp³-hybridized carbons (Fsp3) is 0.333. The van der Waals surface area contributed by atoms with Crippen molar-refractivity contribution in [2.75, 3.05) is 0 Å². The minimum atomic E-state index is -3.09. The maximum Gasteiger partial charge on any atom is 0.287 e. The van der Waals surface area contributed by atoms with Crippen LogP contribution in [0.25, 0.3) is 10.8 Å². The van der Waals surface area contributed by atoms with Gasteiger partial charge in [-0.25, -0.2) is 8.78 Å². The third kappa shape index (κ3) is 2.29. The summed E-state index contributed by atoms with van der Waals surface area (Å²) in [6.07, 6.45) is -1.63. The van der Waals surface area contributed by atoms with Crippen LogP contribution in [-0.2, 0) is 0 Å². The summed E-state index contributed by atoms with van der Waals surface area (Å²) in [4.78, 5) is 12.9. The van der Waals surface area contributed by atoms with Gasteiger partial charge in [-0.3, -0.25) is 4.79 Å². The number of alkyl halides is 2. The maximum atomic E-state index is 13.5. The van der Waals surface area contributed by atoms with Crippen LogP contribution in [0.1, 0.15) is 29.6 Å². The molecular formula is C18H16F2N2O2. The molecule has 24 heavy (non-hydrogen) atoms. The number of hydrogen-bond donors (Lipinski definition) is 1. The molecule has 1 N–H and O–H groups in total. The number of carbonyl (C=O) groups is 1. The number of nitrogens with zero attached hydrogens (tertiary/aromatic N) is 2. The molecular weight excluding hydrogens is 314 g/mol. The van der Waals surface area contributed by atoms with Gasteiger partial charge in [-0.05, 0) is 35.6 Å². The lowest BCUT2D eigenvalue weighted by Crippen LogP contribution is -2.51. The fourth-order valence-corrected chi connectivity index (χ4v) is 3.15. The molecule has 1 amide bonds. The van der Waals surface area contributed by atoms with Crippen molar-refractivity contribution < 1.29 is 18.7 Å². The Morgan fingerprint density at radius 1 is 1.21 bits per heavy atom. The number of fused-ring (bicyclic) bond motifs is 1. The zero-order valence-corrected chi connectivity index (χ0v) is 12.8. The van der Waals surface area contributed by atoms with Crippen LogP contribution in [0.3, 0.4) is 0 Å². The van der Waals surface area contributed by atoms with Gasteiger partial charge in [-0.2, -0.15) is 10.1 Å². The lowest BCUT2D eigenvalue weighted by atomic mass is 10.0. The largest absolute Gasteiger partial charge is 0.364 e. The molecule has 2 aromatic carbocycles. The van der Waals surface area contributed by atoms with Crippen molar-refractivity contribution in [1.82, 2.24) is 5.01 Å². The molecule has 2 aromatic rings. The second-order valence-electron chi connectivity index (χ2n) is 6.37. The molecule has 6 heteroatoms. The van der Waals surface area contributed by atoms with Crippen LogP contribution in [0.15, 0.2) is 47.6 Å². The molecule has 4 rings (SSSR count). The minimum absolute atomic E-state index is 0.112. The summed E-state index contributed by atoms with van der Waals surface area (Å²) < 4.78 is 27.0. The topological polar surface area (TPSA) is 52.9 Å². The van der Waals surface area contributed by atoms with E-state index in [0.29, 0.717) is 16.1 Å². The Bertz CT molecular complexity index is 843. The Kier molecular flexibility index (Phi) is 3.38. The van der Waals surface area contributed by atoms with E-state index in [-0.39, 0.29) is 17.9 Å². The average Bonchev–Trinajstić information content (AvgIpc) is 3.37. The van der Waals surface area contributed by atoms with Gasteiger partial charge in [-0.15, -0.1) is 0 Å². The lowest BCUT2D eigenvalue weighted by molar-refractivity contribution is -0.164. The first-order valence-corrected chi connectivity index (χ1v) is 7.91. The highest BCUT2D eigenvalue weighted by atomic mass is 19.3. The number of rotatable bonds is 3. The Labute approximate surface area is 137 Å². The number of aliphatic hydroxyl groups is 1. The molecule has 1 atom stereocenters. The van der Waals surface area contributed by atoms with Crippen molar-refractivity contribution in [3.63, 3.8) is 0 Å². The van der Waals surface area contributed by atoms with Gasteiger partial charge in [-0.1, -0.05) is 36.4 Å². The quantitative estimate of drug-likeness (QED) is 0.938. The standard InChI is InChI=1S/C18H16F2N2O2/c19-17(20)18(24)10-15(12-8-9-12)21-22(18)16(23)14-7-3-5-11-4-1-2-6-13(11)14/h1-7,12,17,24H,8-10H2/t18-/m0/s1. The van der Waals surface area contributed by atoms with E-state index in [1.807, 2.05) is 18.2 Å². The highest BCUT2D eigenvalue weighted by molar-refractivity contribution is 6.08. The van der Waals surface area contributed by atoms with E-state index < -0.39 is 18.1 Å². The highest BCUT2D eigenvalue weighted by Gasteiger charge is 2.54. The fourth-order valence-electron chi connectivity index (χ4n) is 3.15. The Morgan fingerprint density at radius 3 is 2.62 bits per heavy atom. The monoisotopic (exact) mass is 330 g/mol. The molecule has 0 saturated heterocycles. The Balaban J connectivity index is 1.78. The molecule has 4 nitrogen and oxygen atoms in total. The van der Waals surface area contributed by atoms with E-state index in [2.05, 4.69) is 5.10 Å². The molecule has 0 unspecified atom stereocenters. The number of hydrogen-bond acceptors (Lipinski definition) is 3. The maximum absolute atomic E-state index is 13.5. The average molecular weight is 330 g/mol. The lowest BCUT2D eigenvalue weighted by Gasteiger charge is -2.30. The molecule has 0 aromatic heterocycles. The summed E-state index contributed by atoms with van der Waals surface area (Å²) in [5.74, 6) is -0.592. The van der Waals surface area contributed by atoms with E-state index in [1.165, 1.54) is 0 Å². The van der Waals surface area contributed by atoms with Gasteiger partial charge in [0.05, 0.1) is 0 Å². The SMILES string of the molecule is O=C(c1cccc2ccccc12)N1N=C(C2CC2)C[C@]1(O)C(F)F. The van der Waals surface area contributed by atoms with Gasteiger partial charge in [0.25, 0.3) is 12.3 Å². The smallest absolute Gasteiger partial charge is 0.287 e. The van der Waals surface area contributed by atoms with E-state index in [9.17, 15) is 18.7 Å². The predicted molar refractivity (Wildman–Crippen MR) is 85.8 cm³/mol. The molecule has 1 aliphatic heterocycles. The van der Waals surface area contributed by atoms with Crippen LogP contribution < -0.4 is 0 Å². The molecule has 0 spiro atoms. The summed E-state index contributed by atoms with van der Waals surface area (Å²) in [6.45, 7) is 0. The number of hydrazone groups is 1. The second-order valence-corrected chi connectivity index (χ2v) is 6.37. The van der Waals surface area contributed by atoms with Crippen LogP contribution in [0.4, 0.5) is 8.78 Å². The first-order valence-electron chi connectivity index (χ1n) is 7.91. The van der Waals surface area contributed by atoms with Gasteiger partial charge >= 0.3 is 0 Å². The predicted octanol–water partition coefficient (Wildman–Crippen LogP) is 3.41. The molecule has 0 bridgehead atoms. The van der Waals surface area contributed by atoms with Crippen LogP contribution in [0.2, 0.25) is 0 Å². The van der Waals surface area contributed by atoms with Crippen molar-refractivity contribution >= 4 is 22.4 Å². The third-order valence-electron chi connectivity index (χ3n) is 4.65. The normalized spacial score (nSPS) is 23.8. The first kappa shape index (κ1) is 15.2. The molecule has 2 aliphatic rings. The van der Waals surface area contributed by atoms with Crippen molar-refractivity contribution in [1.29, 1.82) is 0 Å². The van der Waals surface area contributed by atoms with Gasteiger partial charge < -0.3 is 5.11 Å². The second kappa shape index (κ2) is 5.34. The van der Waals surface area contributed by atoms with E-state index in [4.69, 9.17) is 0 Å². The molecule has 1 aliphatic carbocycles. The zero-order chi connectivity index (χ0) is 16.9. The van der Waals surface area contributed by atoms with Crippen molar-refractivity contribution in [3.8, 4) is 0 Å². The van der Waals surface area contributed by atoms with Crippen LogP contribution >= 0.6 is 0 Å². The molecule has 1 heterocycles. The number of carbonyl (C=O) groups excluding carboxylic acids is 1. The van der Waals surface area contributed by atoms with Crippen molar-refractivity contribution in [2.45, 2.75) is 31.4 Å². The van der Waals surface area contributed by atoms with Crippen LogP contribution in [-0.4, -0.2) is 33.9 Å². The number of benzene rings is 2. The number of amides is 1. The number of halogens is 2. The summed E-state index contributed by atoms with van der Waals surface area (Å²) in [5.41, 5.74) is -1.81. The van der Waals surface area contributed by atoms with Crippen LogP contribution in [0, 0.1) is 5.92 Å². The van der Waals surface area contributed by atoms with Crippen molar-refractivity contribution in [2.24, 2.45) is 11.0 Å². The Morgan fingerprint density at radius 2 is 1.92 bits per heavy atom. The van der Waals surface area contributed by atoms with Gasteiger partial charge in [0.1, 0.15) is 0 Å². The first-order chi connectivity index (χ1) is 11.5. The summed E-state index contributed by atoms with van der Waals surface area (Å²) in [5, 5.41) is 16.6. The van der Waals surface area contributed by atoms with Crippen molar-refractivity contribution in [3.05, 3.63) is 48.0 Å². The van der Waals surface area contributed by atoms with Crippen LogP contribution in [0.5, 0.6) is 0 Å². The summed E-state index contributed by atoms with van der Waals surface area (Å²) in [6, 6.07) is 12.3. The van der Waals surface area contributed by atoms with E-state index in [0.717, 1.165) is 18.2 Å².